The first-order chi connectivity index (χ1) is 9.88. The number of nitrogens with zero attached hydrogens (tertiary/aromatic N) is 1. The van der Waals surface area contributed by atoms with Crippen LogP contribution in [0.4, 0.5) is 5.69 Å². The lowest BCUT2D eigenvalue weighted by molar-refractivity contribution is 0.137. The second-order valence-electron chi connectivity index (χ2n) is 5.32. The van der Waals surface area contributed by atoms with E-state index in [1.165, 1.54) is 0 Å². The van der Waals surface area contributed by atoms with Crippen molar-refractivity contribution in [1.29, 1.82) is 0 Å². The highest BCUT2D eigenvalue weighted by molar-refractivity contribution is 7.91. The molecule has 0 unspecified atom stereocenters. The van der Waals surface area contributed by atoms with E-state index < -0.39 is 9.84 Å². The van der Waals surface area contributed by atoms with Crippen molar-refractivity contribution in [2.24, 2.45) is 5.92 Å². The third kappa shape index (κ3) is 4.18. The monoisotopic (exact) mass is 312 g/mol. The van der Waals surface area contributed by atoms with Gasteiger partial charge in [0.05, 0.1) is 12.4 Å². The minimum atomic E-state index is -3.58. The van der Waals surface area contributed by atoms with Crippen LogP contribution >= 0.6 is 0 Å². The molecule has 2 N–H and O–H groups in total. The van der Waals surface area contributed by atoms with Crippen molar-refractivity contribution in [3.8, 4) is 0 Å². The van der Waals surface area contributed by atoms with Gasteiger partial charge in [-0.1, -0.05) is 13.8 Å². The molecule has 2 rings (SSSR count). The van der Waals surface area contributed by atoms with Crippen LogP contribution in [0.25, 0.3) is 11.1 Å². The van der Waals surface area contributed by atoms with Crippen LogP contribution in [0.2, 0.25) is 0 Å². The maximum absolute atomic E-state index is 12.1. The van der Waals surface area contributed by atoms with Gasteiger partial charge in [0, 0.05) is 12.3 Å². The Balaban J connectivity index is 2.00. The fourth-order valence-electron chi connectivity index (χ4n) is 1.73. The van der Waals surface area contributed by atoms with Crippen molar-refractivity contribution < 1.29 is 17.6 Å². The number of nitrogen functional groups attached to an aromatic ring is 1. The molecule has 0 aliphatic heterocycles. The summed E-state index contributed by atoms with van der Waals surface area (Å²) >= 11 is 0. The van der Waals surface area contributed by atoms with Crippen LogP contribution in [0.1, 0.15) is 20.3 Å². The van der Waals surface area contributed by atoms with Crippen LogP contribution in [0.15, 0.2) is 27.8 Å². The number of hydrogen-bond donors (Lipinski definition) is 1. The van der Waals surface area contributed by atoms with E-state index >= 15 is 0 Å². The van der Waals surface area contributed by atoms with E-state index in [2.05, 4.69) is 18.8 Å². The van der Waals surface area contributed by atoms with Crippen molar-refractivity contribution >= 4 is 26.6 Å². The molecular weight excluding hydrogens is 292 g/mol. The zero-order valence-electron chi connectivity index (χ0n) is 12.2. The number of benzene rings is 1. The number of hydrogen-bond acceptors (Lipinski definition) is 6. The summed E-state index contributed by atoms with van der Waals surface area (Å²) in [6.07, 6.45) is 0.905. The minimum Gasteiger partial charge on any atom is -0.428 e. The maximum atomic E-state index is 12.1. The fraction of sp³-hybridized carbons (Fsp3) is 0.500. The molecule has 0 saturated carbocycles. The van der Waals surface area contributed by atoms with E-state index in [-0.39, 0.29) is 17.6 Å². The molecule has 2 aromatic rings. The molecule has 0 atom stereocenters. The molecule has 0 bridgehead atoms. The second-order valence-corrected chi connectivity index (χ2v) is 7.31. The number of anilines is 1. The molecule has 1 aromatic carbocycles. The molecule has 6 nitrogen and oxygen atoms in total. The second kappa shape index (κ2) is 6.44. The number of sulfone groups is 1. The summed E-state index contributed by atoms with van der Waals surface area (Å²) in [7, 11) is -3.58. The summed E-state index contributed by atoms with van der Waals surface area (Å²) in [5.41, 5.74) is 6.99. The lowest BCUT2D eigenvalue weighted by atomic mass is 10.1. The SMILES string of the molecule is CC(C)CCOCCS(=O)(=O)c1nc2cc(N)ccc2o1. The fourth-order valence-corrected chi connectivity index (χ4v) is 2.70. The van der Waals surface area contributed by atoms with E-state index in [1.807, 2.05) is 0 Å². The predicted molar refractivity (Wildman–Crippen MR) is 80.7 cm³/mol. The van der Waals surface area contributed by atoms with Crippen LogP contribution in [0.5, 0.6) is 0 Å². The highest BCUT2D eigenvalue weighted by Crippen LogP contribution is 2.21. The molecule has 0 aliphatic rings. The molecule has 0 saturated heterocycles. The quantitative estimate of drug-likeness (QED) is 0.622. The molecule has 1 heterocycles. The van der Waals surface area contributed by atoms with E-state index in [0.29, 0.717) is 29.3 Å². The average molecular weight is 312 g/mol. The third-order valence-electron chi connectivity index (χ3n) is 2.99. The summed E-state index contributed by atoms with van der Waals surface area (Å²) in [4.78, 5) is 3.98. The van der Waals surface area contributed by atoms with Gasteiger partial charge in [0.2, 0.25) is 9.84 Å². The Morgan fingerprint density at radius 2 is 2.10 bits per heavy atom. The van der Waals surface area contributed by atoms with Gasteiger partial charge in [-0.2, -0.15) is 4.98 Å². The highest BCUT2D eigenvalue weighted by Gasteiger charge is 2.21. The van der Waals surface area contributed by atoms with Crippen LogP contribution in [0, 0.1) is 5.92 Å². The van der Waals surface area contributed by atoms with Crippen molar-refractivity contribution in [1.82, 2.24) is 4.98 Å². The standard InChI is InChI=1S/C14H20N2O4S/c1-10(2)5-6-19-7-8-21(17,18)14-16-12-9-11(15)3-4-13(12)20-14/h3-4,9-10H,5-8,15H2,1-2H3. The summed E-state index contributed by atoms with van der Waals surface area (Å²) in [5, 5.41) is -0.282. The Labute approximate surface area is 124 Å². The molecule has 0 fully saturated rings. The Morgan fingerprint density at radius 3 is 2.81 bits per heavy atom. The molecule has 1 aromatic heterocycles. The first kappa shape index (κ1) is 15.8. The number of aromatic nitrogens is 1. The number of nitrogens with two attached hydrogens (primary N) is 1. The first-order valence-corrected chi connectivity index (χ1v) is 8.50. The molecule has 0 spiro atoms. The van der Waals surface area contributed by atoms with Crippen LogP contribution < -0.4 is 5.73 Å². The van der Waals surface area contributed by atoms with Gasteiger partial charge in [0.15, 0.2) is 5.58 Å². The van der Waals surface area contributed by atoms with Crippen LogP contribution in [0.3, 0.4) is 0 Å². The number of fused-ring (bicyclic) bond motifs is 1. The van der Waals surface area contributed by atoms with Gasteiger partial charge in [-0.15, -0.1) is 0 Å². The Hall–Kier alpha value is -1.60. The zero-order valence-corrected chi connectivity index (χ0v) is 13.0. The summed E-state index contributed by atoms with van der Waals surface area (Å²) in [5.74, 6) is 0.386. The number of ether oxygens (including phenoxy) is 1. The zero-order chi connectivity index (χ0) is 15.5. The van der Waals surface area contributed by atoms with Gasteiger partial charge < -0.3 is 14.9 Å². The average Bonchev–Trinajstić information content (AvgIpc) is 2.81. The molecule has 0 radical (unpaired) electrons. The molecular formula is C14H20N2O4S. The van der Waals surface area contributed by atoms with Gasteiger partial charge >= 0.3 is 5.22 Å². The molecule has 7 heteroatoms. The summed E-state index contributed by atoms with van der Waals surface area (Å²) in [6.45, 7) is 4.86. The van der Waals surface area contributed by atoms with Crippen molar-refractivity contribution in [2.75, 3.05) is 24.7 Å². The van der Waals surface area contributed by atoms with Gasteiger partial charge in [-0.05, 0) is 30.5 Å². The minimum absolute atomic E-state index is 0.135. The van der Waals surface area contributed by atoms with E-state index in [9.17, 15) is 8.42 Å². The molecule has 0 amide bonds. The van der Waals surface area contributed by atoms with Crippen molar-refractivity contribution in [3.63, 3.8) is 0 Å². The largest absolute Gasteiger partial charge is 0.428 e. The van der Waals surface area contributed by atoms with Crippen molar-refractivity contribution in [2.45, 2.75) is 25.5 Å². The molecule has 116 valence electrons. The topological polar surface area (TPSA) is 95.4 Å². The highest BCUT2D eigenvalue weighted by atomic mass is 32.2. The first-order valence-electron chi connectivity index (χ1n) is 6.85. The van der Waals surface area contributed by atoms with E-state index in [4.69, 9.17) is 14.9 Å². The summed E-state index contributed by atoms with van der Waals surface area (Å²) < 4.78 is 34.8. The molecule has 21 heavy (non-hydrogen) atoms. The van der Waals surface area contributed by atoms with Gasteiger partial charge in [-0.3, -0.25) is 0 Å². The van der Waals surface area contributed by atoms with Gasteiger partial charge in [0.1, 0.15) is 5.52 Å². The lowest BCUT2D eigenvalue weighted by Gasteiger charge is -2.05. The lowest BCUT2D eigenvalue weighted by Crippen LogP contribution is -2.13. The van der Waals surface area contributed by atoms with Crippen LogP contribution in [-0.4, -0.2) is 32.4 Å². The van der Waals surface area contributed by atoms with Gasteiger partial charge in [0.25, 0.3) is 0 Å². The summed E-state index contributed by atoms with van der Waals surface area (Å²) in [6, 6.07) is 4.83. The molecule has 0 aliphatic carbocycles. The number of rotatable bonds is 7. The Bertz CT molecular complexity index is 707. The van der Waals surface area contributed by atoms with E-state index in [1.54, 1.807) is 18.2 Å². The smallest absolute Gasteiger partial charge is 0.316 e. The van der Waals surface area contributed by atoms with Gasteiger partial charge in [-0.25, -0.2) is 8.42 Å². The Morgan fingerprint density at radius 1 is 1.33 bits per heavy atom. The Kier molecular flexibility index (Phi) is 4.84. The van der Waals surface area contributed by atoms with Crippen molar-refractivity contribution in [3.05, 3.63) is 18.2 Å². The van der Waals surface area contributed by atoms with Crippen LogP contribution in [-0.2, 0) is 14.6 Å². The number of oxazole rings is 1. The van der Waals surface area contributed by atoms with E-state index in [0.717, 1.165) is 6.42 Å². The third-order valence-corrected chi connectivity index (χ3v) is 4.40. The maximum Gasteiger partial charge on any atom is 0.316 e. The predicted octanol–water partition coefficient (Wildman–Crippen LogP) is 2.25. The normalized spacial score (nSPS) is 12.3.